The Morgan fingerprint density at radius 3 is 2.56 bits per heavy atom. The number of nitrogens with two attached hydrogens (primary N) is 1. The van der Waals surface area contributed by atoms with Crippen LogP contribution in [0.4, 0.5) is 0 Å². The van der Waals surface area contributed by atoms with E-state index in [1.165, 1.54) is 0 Å². The Bertz CT molecular complexity index is 435. The fraction of sp³-hybridized carbons (Fsp3) is 0.615. The first-order chi connectivity index (χ1) is 8.49. The quantitative estimate of drug-likeness (QED) is 0.893. The van der Waals surface area contributed by atoms with E-state index in [4.69, 9.17) is 17.3 Å². The molecule has 5 heteroatoms. The highest BCUT2D eigenvalue weighted by atomic mass is 35.5. The maximum absolute atomic E-state index is 12.4. The zero-order chi connectivity index (χ0) is 13.3. The second kappa shape index (κ2) is 5.33. The van der Waals surface area contributed by atoms with Gasteiger partial charge >= 0.3 is 0 Å². The zero-order valence-corrected chi connectivity index (χ0v) is 11.7. The van der Waals surface area contributed by atoms with Gasteiger partial charge in [-0.2, -0.15) is 0 Å². The van der Waals surface area contributed by atoms with Crippen LogP contribution in [0.15, 0.2) is 12.3 Å². The summed E-state index contributed by atoms with van der Waals surface area (Å²) in [7, 11) is 3.70. The summed E-state index contributed by atoms with van der Waals surface area (Å²) in [4.78, 5) is 14.2. The lowest BCUT2D eigenvalue weighted by atomic mass is 9.91. The maximum Gasteiger partial charge on any atom is 0.270 e. The van der Waals surface area contributed by atoms with Gasteiger partial charge in [0.05, 0.1) is 5.02 Å². The van der Waals surface area contributed by atoms with Crippen LogP contribution in [0.3, 0.4) is 0 Å². The highest BCUT2D eigenvalue weighted by Gasteiger charge is 2.26. The topological polar surface area (TPSA) is 51.3 Å². The molecule has 1 aliphatic carbocycles. The molecule has 1 aromatic heterocycles. The van der Waals surface area contributed by atoms with Gasteiger partial charge in [0, 0.05) is 32.4 Å². The predicted octanol–water partition coefficient (Wildman–Crippen LogP) is 2.02. The molecule has 18 heavy (non-hydrogen) atoms. The Morgan fingerprint density at radius 2 is 2.06 bits per heavy atom. The first kappa shape index (κ1) is 13.4. The molecular formula is C13H20ClN3O. The molecule has 1 aromatic rings. The molecule has 0 saturated heterocycles. The summed E-state index contributed by atoms with van der Waals surface area (Å²) >= 11 is 5.91. The van der Waals surface area contributed by atoms with E-state index in [-0.39, 0.29) is 5.91 Å². The molecule has 0 radical (unpaired) electrons. The van der Waals surface area contributed by atoms with Gasteiger partial charge in [-0.1, -0.05) is 11.6 Å². The summed E-state index contributed by atoms with van der Waals surface area (Å²) in [6.45, 7) is 0. The summed E-state index contributed by atoms with van der Waals surface area (Å²) < 4.78 is 1.77. The number of aryl methyl sites for hydroxylation is 1. The van der Waals surface area contributed by atoms with Crippen molar-refractivity contribution >= 4 is 17.5 Å². The molecule has 0 aromatic carbocycles. The summed E-state index contributed by atoms with van der Waals surface area (Å²) in [6, 6.07) is 2.31. The van der Waals surface area contributed by atoms with Crippen molar-refractivity contribution in [3.05, 3.63) is 23.0 Å². The summed E-state index contributed by atoms with van der Waals surface area (Å²) in [5.41, 5.74) is 6.52. The van der Waals surface area contributed by atoms with Crippen molar-refractivity contribution < 1.29 is 4.79 Å². The number of rotatable bonds is 2. The molecule has 0 unspecified atom stereocenters. The van der Waals surface area contributed by atoms with Crippen LogP contribution in [0.5, 0.6) is 0 Å². The molecule has 2 N–H and O–H groups in total. The molecule has 1 saturated carbocycles. The Kier molecular flexibility index (Phi) is 3.97. The van der Waals surface area contributed by atoms with Crippen LogP contribution in [-0.2, 0) is 7.05 Å². The molecular weight excluding hydrogens is 250 g/mol. The van der Waals surface area contributed by atoms with Gasteiger partial charge in [0.25, 0.3) is 5.91 Å². The minimum absolute atomic E-state index is 0.0323. The van der Waals surface area contributed by atoms with E-state index >= 15 is 0 Å². The average molecular weight is 270 g/mol. The molecule has 2 rings (SSSR count). The third-order valence-electron chi connectivity index (χ3n) is 3.80. The van der Waals surface area contributed by atoms with Crippen molar-refractivity contribution in [1.82, 2.24) is 9.47 Å². The molecule has 0 atom stereocenters. The Labute approximate surface area is 113 Å². The lowest BCUT2D eigenvalue weighted by Crippen LogP contribution is -2.42. The number of amides is 1. The van der Waals surface area contributed by atoms with E-state index in [0.29, 0.717) is 22.8 Å². The number of hydrogen-bond acceptors (Lipinski definition) is 2. The first-order valence-electron chi connectivity index (χ1n) is 6.33. The molecule has 1 fully saturated rings. The van der Waals surface area contributed by atoms with Gasteiger partial charge in [-0.15, -0.1) is 0 Å². The smallest absolute Gasteiger partial charge is 0.270 e. The van der Waals surface area contributed by atoms with E-state index in [2.05, 4.69) is 0 Å². The van der Waals surface area contributed by atoms with Gasteiger partial charge in [-0.3, -0.25) is 4.79 Å². The fourth-order valence-electron chi connectivity index (χ4n) is 2.57. The molecule has 0 spiro atoms. The Morgan fingerprint density at radius 1 is 1.44 bits per heavy atom. The maximum atomic E-state index is 12.4. The molecule has 100 valence electrons. The van der Waals surface area contributed by atoms with E-state index in [1.54, 1.807) is 16.8 Å². The van der Waals surface area contributed by atoms with Gasteiger partial charge in [0.15, 0.2) is 0 Å². The largest absolute Gasteiger partial charge is 0.345 e. The predicted molar refractivity (Wildman–Crippen MR) is 72.7 cm³/mol. The number of nitrogens with zero attached hydrogens (tertiary/aromatic N) is 2. The molecule has 4 nitrogen and oxygen atoms in total. The third kappa shape index (κ3) is 2.70. The van der Waals surface area contributed by atoms with E-state index in [1.807, 2.05) is 19.0 Å². The summed E-state index contributed by atoms with van der Waals surface area (Å²) in [5, 5.41) is 0.597. The molecule has 1 heterocycles. The van der Waals surface area contributed by atoms with Crippen molar-refractivity contribution in [1.29, 1.82) is 0 Å². The van der Waals surface area contributed by atoms with Gasteiger partial charge in [-0.25, -0.2) is 0 Å². The molecule has 1 aliphatic rings. The highest BCUT2D eigenvalue weighted by Crippen LogP contribution is 2.23. The third-order valence-corrected chi connectivity index (χ3v) is 4.01. The van der Waals surface area contributed by atoms with Crippen molar-refractivity contribution in [2.24, 2.45) is 12.8 Å². The van der Waals surface area contributed by atoms with E-state index < -0.39 is 0 Å². The highest BCUT2D eigenvalue weighted by molar-refractivity contribution is 6.31. The zero-order valence-electron chi connectivity index (χ0n) is 10.9. The van der Waals surface area contributed by atoms with Crippen molar-refractivity contribution in [3.8, 4) is 0 Å². The van der Waals surface area contributed by atoms with Crippen LogP contribution in [0, 0.1) is 0 Å². The van der Waals surface area contributed by atoms with E-state index in [9.17, 15) is 4.79 Å². The van der Waals surface area contributed by atoms with Crippen molar-refractivity contribution in [2.75, 3.05) is 7.05 Å². The second-order valence-corrected chi connectivity index (χ2v) is 5.58. The van der Waals surface area contributed by atoms with Crippen LogP contribution in [0.1, 0.15) is 36.2 Å². The van der Waals surface area contributed by atoms with Gasteiger partial charge in [0.1, 0.15) is 5.69 Å². The first-order valence-corrected chi connectivity index (χ1v) is 6.71. The summed E-state index contributed by atoms with van der Waals surface area (Å²) in [5.74, 6) is 0.0323. The standard InChI is InChI=1S/C13H20ClN3O/c1-16-8-9(14)7-12(16)13(18)17(2)11-5-3-10(15)4-6-11/h7-8,10-11H,3-6,15H2,1-2H3. The monoisotopic (exact) mass is 269 g/mol. The minimum atomic E-state index is 0.0323. The average Bonchev–Trinajstić information content (AvgIpc) is 2.67. The minimum Gasteiger partial charge on any atom is -0.345 e. The lowest BCUT2D eigenvalue weighted by Gasteiger charge is -2.33. The normalized spacial score (nSPS) is 24.0. The van der Waals surface area contributed by atoms with Crippen LogP contribution >= 0.6 is 11.6 Å². The Balaban J connectivity index is 2.07. The molecule has 0 bridgehead atoms. The van der Waals surface area contributed by atoms with Gasteiger partial charge in [0.2, 0.25) is 0 Å². The van der Waals surface area contributed by atoms with Crippen LogP contribution in [-0.4, -0.2) is 34.5 Å². The van der Waals surface area contributed by atoms with Gasteiger partial charge in [-0.05, 0) is 31.7 Å². The molecule has 0 aliphatic heterocycles. The fourth-order valence-corrected chi connectivity index (χ4v) is 2.82. The van der Waals surface area contributed by atoms with Crippen molar-refractivity contribution in [2.45, 2.75) is 37.8 Å². The number of aromatic nitrogens is 1. The Hall–Kier alpha value is -1.00. The lowest BCUT2D eigenvalue weighted by molar-refractivity contribution is 0.0680. The molecule has 1 amide bonds. The van der Waals surface area contributed by atoms with Crippen molar-refractivity contribution in [3.63, 3.8) is 0 Å². The SMILES string of the molecule is CN(C(=O)c1cc(Cl)cn1C)C1CCC(N)CC1. The number of carbonyl (C=O) groups is 1. The van der Waals surface area contributed by atoms with Gasteiger partial charge < -0.3 is 15.2 Å². The number of halogens is 1. The number of hydrogen-bond donors (Lipinski definition) is 1. The van der Waals surface area contributed by atoms with Crippen LogP contribution < -0.4 is 5.73 Å². The summed E-state index contributed by atoms with van der Waals surface area (Å²) in [6.07, 6.45) is 5.72. The van der Waals surface area contributed by atoms with Crippen LogP contribution in [0.25, 0.3) is 0 Å². The van der Waals surface area contributed by atoms with E-state index in [0.717, 1.165) is 25.7 Å². The second-order valence-electron chi connectivity index (χ2n) is 5.14. The van der Waals surface area contributed by atoms with Crippen LogP contribution in [0.2, 0.25) is 5.02 Å². The number of carbonyl (C=O) groups excluding carboxylic acids is 1.